The minimum atomic E-state index is -2.45. The van der Waals surface area contributed by atoms with E-state index in [2.05, 4.69) is 117 Å². The van der Waals surface area contributed by atoms with E-state index in [0.717, 1.165) is 0 Å². The van der Waals surface area contributed by atoms with Crippen LogP contribution in [-0.4, -0.2) is 82.5 Å². The first kappa shape index (κ1) is 36.8. The highest BCUT2D eigenvalue weighted by molar-refractivity contribution is 6.75. The van der Waals surface area contributed by atoms with Gasteiger partial charge in [-0.05, 0) is 54.4 Å². The molecule has 0 amide bonds. The van der Waals surface area contributed by atoms with Crippen LogP contribution in [-0.2, 0) is 22.8 Å². The number of aromatic amines is 1. The molecule has 1 saturated heterocycles. The zero-order valence-electron chi connectivity index (χ0n) is 29.8. The van der Waals surface area contributed by atoms with E-state index in [9.17, 15) is 9.59 Å². The average Bonchev–Trinajstić information content (AvgIpc) is 3.39. The lowest BCUT2D eigenvalue weighted by Gasteiger charge is -2.44. The lowest BCUT2D eigenvalue weighted by molar-refractivity contribution is -0.0484. The number of esters is 1. The number of rotatable bonds is 9. The van der Waals surface area contributed by atoms with E-state index in [4.69, 9.17) is 22.8 Å². The summed E-state index contributed by atoms with van der Waals surface area (Å²) >= 11 is 0. The Kier molecular flexibility index (Phi) is 10.2. The third kappa shape index (κ3) is 7.15. The zero-order chi connectivity index (χ0) is 33.8. The molecule has 11 nitrogen and oxygen atoms in total. The molecular formula is C30H56N4O7Si3. The van der Waals surface area contributed by atoms with Crippen molar-refractivity contribution >= 4 is 42.1 Å². The smallest absolute Gasteiger partial charge is 0.374 e. The Labute approximate surface area is 266 Å². The molecule has 0 radical (unpaired) electrons. The number of H-pyrrole nitrogens is 1. The van der Waals surface area contributed by atoms with E-state index in [1.807, 2.05) is 0 Å². The molecule has 0 aromatic carbocycles. The molecule has 0 unspecified atom stereocenters. The number of imidazole rings is 1. The second kappa shape index (κ2) is 12.2. The first-order valence-electron chi connectivity index (χ1n) is 15.4. The van der Waals surface area contributed by atoms with Crippen LogP contribution in [0.15, 0.2) is 11.1 Å². The molecule has 1 N–H and O–H groups in total. The summed E-state index contributed by atoms with van der Waals surface area (Å²) in [6, 6.07) is 0. The van der Waals surface area contributed by atoms with Crippen LogP contribution in [0.1, 0.15) is 79.2 Å². The number of hydrogen-bond acceptors (Lipinski definition) is 9. The molecule has 2 aromatic rings. The topological polar surface area (TPSA) is 127 Å². The maximum absolute atomic E-state index is 13.1. The number of fused-ring (bicyclic) bond motifs is 1. The Balaban J connectivity index is 2.30. The van der Waals surface area contributed by atoms with Gasteiger partial charge in [-0.1, -0.05) is 62.3 Å². The predicted octanol–water partition coefficient (Wildman–Crippen LogP) is 6.61. The molecule has 14 heteroatoms. The maximum atomic E-state index is 13.1. The molecule has 3 rings (SSSR count). The Morgan fingerprint density at radius 1 is 0.886 bits per heavy atom. The van der Waals surface area contributed by atoms with Crippen LogP contribution >= 0.6 is 0 Å². The van der Waals surface area contributed by atoms with Crippen molar-refractivity contribution in [2.75, 3.05) is 13.7 Å². The largest absolute Gasteiger partial charge is 0.463 e. The van der Waals surface area contributed by atoms with E-state index in [0.29, 0.717) is 0 Å². The molecular weight excluding hydrogens is 613 g/mol. The van der Waals surface area contributed by atoms with E-state index in [1.165, 1.54) is 13.4 Å². The van der Waals surface area contributed by atoms with Crippen molar-refractivity contribution < 1.29 is 27.5 Å². The highest BCUT2D eigenvalue weighted by atomic mass is 28.4. The molecule has 0 spiro atoms. The van der Waals surface area contributed by atoms with Gasteiger partial charge in [0.15, 0.2) is 42.3 Å². The molecule has 250 valence electrons. The fraction of sp³-hybridized carbons (Fsp3) is 0.800. The molecule has 0 saturated carbocycles. The van der Waals surface area contributed by atoms with Gasteiger partial charge in [-0.2, -0.15) is 0 Å². The quantitative estimate of drug-likeness (QED) is 0.232. The van der Waals surface area contributed by atoms with Crippen LogP contribution in [0.2, 0.25) is 54.4 Å². The van der Waals surface area contributed by atoms with Gasteiger partial charge in [-0.25, -0.2) is 14.8 Å². The molecule has 1 fully saturated rings. The molecule has 44 heavy (non-hydrogen) atoms. The van der Waals surface area contributed by atoms with Gasteiger partial charge in [0.2, 0.25) is 5.82 Å². The lowest BCUT2D eigenvalue weighted by atomic mass is 10.1. The number of nitrogens with zero attached hydrogens (tertiary/aromatic N) is 3. The average molecular weight is 669 g/mol. The van der Waals surface area contributed by atoms with E-state index >= 15 is 0 Å². The third-order valence-electron chi connectivity index (χ3n) is 10.3. The summed E-state index contributed by atoms with van der Waals surface area (Å²) in [5.41, 5.74) is -0.240. The van der Waals surface area contributed by atoms with Crippen molar-refractivity contribution in [2.45, 2.75) is 141 Å². The first-order chi connectivity index (χ1) is 19.8. The molecule has 1 aliphatic rings. The van der Waals surface area contributed by atoms with Gasteiger partial charge in [-0.15, -0.1) is 0 Å². The minimum absolute atomic E-state index is 0.0125. The van der Waals surface area contributed by atoms with E-state index in [-0.39, 0.29) is 38.7 Å². The number of methoxy groups -OCH3 is 1. The van der Waals surface area contributed by atoms with Crippen molar-refractivity contribution in [2.24, 2.45) is 0 Å². The molecule has 1 aliphatic heterocycles. The molecule has 4 atom stereocenters. The van der Waals surface area contributed by atoms with Crippen LogP contribution in [0.5, 0.6) is 0 Å². The van der Waals surface area contributed by atoms with Gasteiger partial charge in [0.05, 0.1) is 20.0 Å². The van der Waals surface area contributed by atoms with Crippen LogP contribution < -0.4 is 5.56 Å². The number of ether oxygens (including phenoxy) is 2. The van der Waals surface area contributed by atoms with Gasteiger partial charge in [-0.3, -0.25) is 9.36 Å². The predicted molar refractivity (Wildman–Crippen MR) is 181 cm³/mol. The Bertz CT molecular complexity index is 1400. The second-order valence-electron chi connectivity index (χ2n) is 16.5. The summed E-state index contributed by atoms with van der Waals surface area (Å²) < 4.78 is 34.7. The van der Waals surface area contributed by atoms with E-state index < -0.39 is 61.0 Å². The third-order valence-corrected chi connectivity index (χ3v) is 23.7. The first-order valence-corrected chi connectivity index (χ1v) is 24.2. The minimum Gasteiger partial charge on any atom is -0.463 e. The summed E-state index contributed by atoms with van der Waals surface area (Å²) in [6.45, 7) is 33.2. The highest BCUT2D eigenvalue weighted by Gasteiger charge is 2.56. The van der Waals surface area contributed by atoms with Gasteiger partial charge < -0.3 is 27.7 Å². The highest BCUT2D eigenvalue weighted by Crippen LogP contribution is 2.47. The Hall–Kier alpha value is -1.69. The molecule has 0 aliphatic carbocycles. The summed E-state index contributed by atoms with van der Waals surface area (Å²) in [7, 11) is -5.73. The Morgan fingerprint density at radius 2 is 1.39 bits per heavy atom. The van der Waals surface area contributed by atoms with Crippen LogP contribution in [0.3, 0.4) is 0 Å². The zero-order valence-corrected chi connectivity index (χ0v) is 32.8. The van der Waals surface area contributed by atoms with Gasteiger partial charge in [0.1, 0.15) is 18.3 Å². The van der Waals surface area contributed by atoms with Crippen molar-refractivity contribution in [3.8, 4) is 0 Å². The standard InChI is InChI=1S/C30H56N4O7Si3/c1-28(2,3)42(11,12)38-17-19-21(40-43(13,14)29(4,5)6)22(41-44(15,16)30(7,8)9)26(39-19)34-23-20(25(35)32-18-31-23)33-24(34)27(36)37-10/h18-19,21-22,26H,17H2,1-16H3,(H,31,32,35)/t19-,21-,22-,26-/m1/s1. The number of aromatic nitrogens is 4. The monoisotopic (exact) mass is 668 g/mol. The van der Waals surface area contributed by atoms with Gasteiger partial charge in [0.25, 0.3) is 5.56 Å². The van der Waals surface area contributed by atoms with E-state index in [1.54, 1.807) is 4.57 Å². The van der Waals surface area contributed by atoms with Gasteiger partial charge >= 0.3 is 5.97 Å². The summed E-state index contributed by atoms with van der Waals surface area (Å²) in [5.74, 6) is -0.794. The summed E-state index contributed by atoms with van der Waals surface area (Å²) in [4.78, 5) is 37.3. The van der Waals surface area contributed by atoms with Crippen molar-refractivity contribution in [3.05, 3.63) is 22.5 Å². The number of nitrogens with one attached hydrogen (secondary N) is 1. The number of carbonyl (C=O) groups excluding carboxylic acids is 1. The van der Waals surface area contributed by atoms with Crippen LogP contribution in [0, 0.1) is 0 Å². The normalized spacial score (nSPS) is 22.5. The second-order valence-corrected chi connectivity index (χ2v) is 30.8. The molecule has 3 heterocycles. The number of carbonyl (C=O) groups is 1. The van der Waals surface area contributed by atoms with Crippen molar-refractivity contribution in [1.82, 2.24) is 19.5 Å². The van der Waals surface area contributed by atoms with Crippen LogP contribution in [0.25, 0.3) is 11.2 Å². The number of hydrogen-bond donors (Lipinski definition) is 1. The SMILES string of the molecule is COC(=O)c1nc2c(=O)[nH]cnc2n1[C@@H]1O[C@H](CO[Si](C)(C)C(C)(C)C)[C@@H](O[Si](C)(C)C(C)(C)C)[C@H]1O[Si](C)(C)C(C)(C)C. The summed E-state index contributed by atoms with van der Waals surface area (Å²) in [6.07, 6.45) is -1.29. The summed E-state index contributed by atoms with van der Waals surface area (Å²) in [5, 5.41) is -0.237. The fourth-order valence-electron chi connectivity index (χ4n) is 4.26. The van der Waals surface area contributed by atoms with Crippen molar-refractivity contribution in [3.63, 3.8) is 0 Å². The maximum Gasteiger partial charge on any atom is 0.374 e. The van der Waals surface area contributed by atoms with Crippen LogP contribution in [0.4, 0.5) is 0 Å². The van der Waals surface area contributed by atoms with Crippen molar-refractivity contribution in [1.29, 1.82) is 0 Å². The fourth-order valence-corrected chi connectivity index (χ4v) is 7.87. The molecule has 0 bridgehead atoms. The Morgan fingerprint density at radius 3 is 1.86 bits per heavy atom. The molecule has 2 aromatic heterocycles. The van der Waals surface area contributed by atoms with Gasteiger partial charge in [0, 0.05) is 0 Å². The lowest BCUT2D eigenvalue weighted by Crippen LogP contribution is -2.54.